The van der Waals surface area contributed by atoms with Crippen LogP contribution in [0, 0.1) is 0 Å². The number of hydrogen-bond donors (Lipinski definition) is 1. The van der Waals surface area contributed by atoms with E-state index >= 15 is 0 Å². The van der Waals surface area contributed by atoms with Gasteiger partial charge < -0.3 is 10.0 Å². The molecule has 78 valence electrons. The fourth-order valence-electron chi connectivity index (χ4n) is 1.84. The summed E-state index contributed by atoms with van der Waals surface area (Å²) < 4.78 is 0. The molecule has 2 heteroatoms. The van der Waals surface area contributed by atoms with Crippen LogP contribution in [-0.2, 0) is 0 Å². The Kier molecular flexibility index (Phi) is 4.20. The third-order valence-corrected chi connectivity index (χ3v) is 3.01. The normalized spacial score (nSPS) is 23.3. The van der Waals surface area contributed by atoms with Crippen LogP contribution in [0.2, 0.25) is 0 Å². The number of hydrogen-bond acceptors (Lipinski definition) is 2. The van der Waals surface area contributed by atoms with Crippen LogP contribution in [0.25, 0.3) is 0 Å². The maximum atomic E-state index is 9.74. The molecule has 1 rings (SSSR count). The van der Waals surface area contributed by atoms with Crippen molar-refractivity contribution >= 4 is 0 Å². The molecule has 0 aromatic carbocycles. The Morgan fingerprint density at radius 2 is 1.85 bits per heavy atom. The molecule has 1 aliphatic rings. The van der Waals surface area contributed by atoms with E-state index in [0.717, 1.165) is 25.9 Å². The summed E-state index contributed by atoms with van der Waals surface area (Å²) in [6, 6.07) is 0. The first-order valence-electron chi connectivity index (χ1n) is 5.59. The van der Waals surface area contributed by atoms with Crippen LogP contribution in [0.3, 0.4) is 0 Å². The van der Waals surface area contributed by atoms with Crippen molar-refractivity contribution < 1.29 is 5.11 Å². The lowest BCUT2D eigenvalue weighted by Crippen LogP contribution is -2.42. The maximum Gasteiger partial charge on any atom is 0.0644 e. The first-order valence-corrected chi connectivity index (χ1v) is 5.59. The third-order valence-electron chi connectivity index (χ3n) is 3.01. The molecule has 0 spiro atoms. The van der Waals surface area contributed by atoms with E-state index in [-0.39, 0.29) is 5.60 Å². The Morgan fingerprint density at radius 3 is 2.38 bits per heavy atom. The summed E-state index contributed by atoms with van der Waals surface area (Å²) in [5.41, 5.74) is -0.388. The van der Waals surface area contributed by atoms with Crippen LogP contribution < -0.4 is 0 Å². The highest BCUT2D eigenvalue weighted by Gasteiger charge is 2.26. The zero-order chi connectivity index (χ0) is 9.73. The average molecular weight is 185 g/mol. The van der Waals surface area contributed by atoms with E-state index in [0.29, 0.717) is 0 Å². The number of likely N-dealkylation sites (tertiary alicyclic amines) is 1. The van der Waals surface area contributed by atoms with Crippen molar-refractivity contribution in [3.8, 4) is 0 Å². The van der Waals surface area contributed by atoms with E-state index in [9.17, 15) is 5.11 Å². The lowest BCUT2D eigenvalue weighted by molar-refractivity contribution is -0.00552. The van der Waals surface area contributed by atoms with Gasteiger partial charge in [-0.15, -0.1) is 0 Å². The van der Waals surface area contributed by atoms with Gasteiger partial charge >= 0.3 is 0 Å². The monoisotopic (exact) mass is 185 g/mol. The lowest BCUT2D eigenvalue weighted by atomic mass is 9.94. The van der Waals surface area contributed by atoms with Crippen LogP contribution in [0.1, 0.15) is 46.0 Å². The molecule has 0 amide bonds. The summed E-state index contributed by atoms with van der Waals surface area (Å²) in [6.45, 7) is 7.58. The van der Waals surface area contributed by atoms with Gasteiger partial charge in [-0.05, 0) is 32.7 Å². The first-order chi connectivity index (χ1) is 6.14. The molecule has 0 bridgehead atoms. The van der Waals surface area contributed by atoms with E-state index in [1.54, 1.807) is 0 Å². The molecule has 0 atom stereocenters. The molecule has 2 nitrogen and oxygen atoms in total. The molecule has 1 fully saturated rings. The van der Waals surface area contributed by atoms with Gasteiger partial charge in [0.15, 0.2) is 0 Å². The molecule has 0 aliphatic carbocycles. The number of nitrogens with zero attached hydrogens (tertiary/aromatic N) is 1. The van der Waals surface area contributed by atoms with Crippen molar-refractivity contribution in [2.75, 3.05) is 19.6 Å². The fourth-order valence-corrected chi connectivity index (χ4v) is 1.84. The molecule has 0 aromatic rings. The van der Waals surface area contributed by atoms with Gasteiger partial charge in [-0.25, -0.2) is 0 Å². The predicted octanol–water partition coefficient (Wildman–Crippen LogP) is 2.02. The quantitative estimate of drug-likeness (QED) is 0.677. The molecular weight excluding hydrogens is 162 g/mol. The Balaban J connectivity index is 2.11. The number of unbranched alkanes of at least 4 members (excludes halogenated alkanes) is 2. The Labute approximate surface area is 81.9 Å². The third kappa shape index (κ3) is 4.10. The van der Waals surface area contributed by atoms with Crippen molar-refractivity contribution in [2.24, 2.45) is 0 Å². The Bertz CT molecular complexity index is 135. The van der Waals surface area contributed by atoms with Crippen LogP contribution >= 0.6 is 0 Å². The van der Waals surface area contributed by atoms with Crippen molar-refractivity contribution in [1.82, 2.24) is 4.90 Å². The molecule has 0 unspecified atom stereocenters. The van der Waals surface area contributed by atoms with Crippen LogP contribution in [-0.4, -0.2) is 35.2 Å². The fraction of sp³-hybridized carbons (Fsp3) is 1.00. The summed E-state index contributed by atoms with van der Waals surface area (Å²) in [4.78, 5) is 2.48. The van der Waals surface area contributed by atoms with Gasteiger partial charge in [-0.1, -0.05) is 19.8 Å². The van der Waals surface area contributed by atoms with E-state index in [1.165, 1.54) is 25.8 Å². The highest BCUT2D eigenvalue weighted by atomic mass is 16.3. The topological polar surface area (TPSA) is 23.5 Å². The Morgan fingerprint density at radius 1 is 1.23 bits per heavy atom. The molecule has 1 N–H and O–H groups in total. The first kappa shape index (κ1) is 11.0. The Hall–Kier alpha value is -0.0800. The van der Waals surface area contributed by atoms with Gasteiger partial charge in [0.25, 0.3) is 0 Å². The molecule has 1 aliphatic heterocycles. The van der Waals surface area contributed by atoms with E-state index in [2.05, 4.69) is 11.8 Å². The van der Waals surface area contributed by atoms with E-state index in [4.69, 9.17) is 0 Å². The van der Waals surface area contributed by atoms with Gasteiger partial charge in [-0.2, -0.15) is 0 Å². The minimum atomic E-state index is -0.388. The standard InChI is InChI=1S/C11H23NO/c1-3-4-5-8-12-9-6-11(2,13)7-10-12/h13H,3-10H2,1-2H3. The number of rotatable bonds is 4. The van der Waals surface area contributed by atoms with Gasteiger partial charge in [0, 0.05) is 13.1 Å². The smallest absolute Gasteiger partial charge is 0.0644 e. The largest absolute Gasteiger partial charge is 0.390 e. The molecule has 1 heterocycles. The van der Waals surface area contributed by atoms with Crippen molar-refractivity contribution in [3.05, 3.63) is 0 Å². The van der Waals surface area contributed by atoms with Gasteiger partial charge in [0.2, 0.25) is 0 Å². The molecular formula is C11H23NO. The summed E-state index contributed by atoms with van der Waals surface area (Å²) in [5.74, 6) is 0. The molecule has 1 saturated heterocycles. The SMILES string of the molecule is CCCCCN1CCC(C)(O)CC1. The lowest BCUT2D eigenvalue weighted by Gasteiger charge is -2.35. The summed E-state index contributed by atoms with van der Waals surface area (Å²) in [5, 5.41) is 9.74. The van der Waals surface area contributed by atoms with Crippen molar-refractivity contribution in [1.29, 1.82) is 0 Å². The summed E-state index contributed by atoms with van der Waals surface area (Å²) >= 11 is 0. The van der Waals surface area contributed by atoms with Gasteiger partial charge in [-0.3, -0.25) is 0 Å². The highest BCUT2D eigenvalue weighted by Crippen LogP contribution is 2.21. The minimum Gasteiger partial charge on any atom is -0.390 e. The second kappa shape index (κ2) is 4.97. The highest BCUT2D eigenvalue weighted by molar-refractivity contribution is 4.81. The molecule has 0 aromatic heterocycles. The summed E-state index contributed by atoms with van der Waals surface area (Å²) in [7, 11) is 0. The minimum absolute atomic E-state index is 0.388. The van der Waals surface area contributed by atoms with E-state index < -0.39 is 0 Å². The average Bonchev–Trinajstić information content (AvgIpc) is 2.08. The van der Waals surface area contributed by atoms with Crippen molar-refractivity contribution in [2.45, 2.75) is 51.6 Å². The molecule has 0 radical (unpaired) electrons. The van der Waals surface area contributed by atoms with Crippen LogP contribution in [0.4, 0.5) is 0 Å². The zero-order valence-corrected chi connectivity index (χ0v) is 9.05. The summed E-state index contributed by atoms with van der Waals surface area (Å²) in [6.07, 6.45) is 5.84. The van der Waals surface area contributed by atoms with Crippen molar-refractivity contribution in [3.63, 3.8) is 0 Å². The number of aliphatic hydroxyl groups is 1. The van der Waals surface area contributed by atoms with E-state index in [1.807, 2.05) is 6.92 Å². The second-order valence-electron chi connectivity index (χ2n) is 4.55. The molecule has 13 heavy (non-hydrogen) atoms. The number of piperidine rings is 1. The van der Waals surface area contributed by atoms with Gasteiger partial charge in [0.05, 0.1) is 5.60 Å². The van der Waals surface area contributed by atoms with Crippen LogP contribution in [0.15, 0.2) is 0 Å². The van der Waals surface area contributed by atoms with Crippen LogP contribution in [0.5, 0.6) is 0 Å². The second-order valence-corrected chi connectivity index (χ2v) is 4.55. The zero-order valence-electron chi connectivity index (χ0n) is 9.05. The maximum absolute atomic E-state index is 9.74. The predicted molar refractivity (Wildman–Crippen MR) is 55.8 cm³/mol. The van der Waals surface area contributed by atoms with Gasteiger partial charge in [0.1, 0.15) is 0 Å². The molecule has 0 saturated carbocycles.